The lowest BCUT2D eigenvalue weighted by atomic mass is 9.95. The van der Waals surface area contributed by atoms with Gasteiger partial charge in [0, 0.05) is 12.1 Å². The molecule has 0 saturated carbocycles. The molecule has 1 aromatic rings. The van der Waals surface area contributed by atoms with E-state index in [0.29, 0.717) is 36.5 Å². The van der Waals surface area contributed by atoms with Gasteiger partial charge >= 0.3 is 6.03 Å². The Kier molecular flexibility index (Phi) is 5.64. The van der Waals surface area contributed by atoms with E-state index in [1.807, 2.05) is 0 Å². The fourth-order valence-corrected chi connectivity index (χ4v) is 4.20. The van der Waals surface area contributed by atoms with Gasteiger partial charge in [-0.2, -0.15) is 0 Å². The lowest BCUT2D eigenvalue weighted by molar-refractivity contribution is -0.907. The Morgan fingerprint density at radius 3 is 2.76 bits per heavy atom. The van der Waals surface area contributed by atoms with Gasteiger partial charge in [-0.1, -0.05) is 24.3 Å². The number of hydrogen-bond donors (Lipinski definition) is 2. The van der Waals surface area contributed by atoms with E-state index < -0.39 is 11.9 Å². The number of ether oxygens (including phenoxy) is 1. The van der Waals surface area contributed by atoms with E-state index in [9.17, 15) is 14.0 Å². The SMILES string of the molecule is C=CCN1C(=O)N[C@@H](c2ccccc2F)C2=C1CN(CC[NH+]1CCOCC1)C2=O. The third kappa shape index (κ3) is 3.77. The molecule has 0 unspecified atom stereocenters. The summed E-state index contributed by atoms with van der Waals surface area (Å²) in [5, 5.41) is 2.81. The van der Waals surface area contributed by atoms with Crippen molar-refractivity contribution < 1.29 is 23.6 Å². The highest BCUT2D eigenvalue weighted by Crippen LogP contribution is 2.36. The Balaban J connectivity index is 1.60. The molecular formula is C21H26FN4O3+. The van der Waals surface area contributed by atoms with Gasteiger partial charge in [-0.25, -0.2) is 9.18 Å². The van der Waals surface area contributed by atoms with Gasteiger partial charge in [0.25, 0.3) is 5.91 Å². The van der Waals surface area contributed by atoms with Gasteiger partial charge < -0.3 is 19.9 Å². The molecule has 1 saturated heterocycles. The first-order chi connectivity index (χ1) is 14.1. The van der Waals surface area contributed by atoms with Crippen molar-refractivity contribution >= 4 is 11.9 Å². The minimum Gasteiger partial charge on any atom is -0.370 e. The molecule has 0 aromatic heterocycles. The second-order valence-electron chi connectivity index (χ2n) is 7.50. The Morgan fingerprint density at radius 1 is 1.28 bits per heavy atom. The average molecular weight is 401 g/mol. The summed E-state index contributed by atoms with van der Waals surface area (Å²) in [7, 11) is 0. The molecule has 154 valence electrons. The van der Waals surface area contributed by atoms with E-state index in [-0.39, 0.29) is 11.9 Å². The van der Waals surface area contributed by atoms with Crippen LogP contribution in [-0.4, -0.2) is 74.2 Å². The predicted octanol–water partition coefficient (Wildman–Crippen LogP) is 0.0894. The zero-order chi connectivity index (χ0) is 20.4. The Labute approximate surface area is 169 Å². The van der Waals surface area contributed by atoms with Crippen LogP contribution in [0.3, 0.4) is 0 Å². The Hall–Kier alpha value is -2.71. The maximum absolute atomic E-state index is 14.5. The average Bonchev–Trinajstić information content (AvgIpc) is 3.06. The van der Waals surface area contributed by atoms with Gasteiger partial charge in [0.05, 0.1) is 50.2 Å². The van der Waals surface area contributed by atoms with Gasteiger partial charge in [-0.05, 0) is 6.07 Å². The van der Waals surface area contributed by atoms with Crippen LogP contribution >= 0.6 is 0 Å². The van der Waals surface area contributed by atoms with E-state index in [2.05, 4.69) is 11.9 Å². The van der Waals surface area contributed by atoms with Crippen LogP contribution in [0.5, 0.6) is 0 Å². The number of nitrogens with zero attached hydrogens (tertiary/aromatic N) is 2. The lowest BCUT2D eigenvalue weighted by Gasteiger charge is -2.33. The van der Waals surface area contributed by atoms with Gasteiger partial charge in [0.15, 0.2) is 0 Å². The number of amides is 3. The number of nitrogens with one attached hydrogen (secondary N) is 2. The molecule has 0 aliphatic carbocycles. The van der Waals surface area contributed by atoms with Crippen molar-refractivity contribution in [2.24, 2.45) is 0 Å². The standard InChI is InChI=1S/C21H25FN4O3/c1-2-7-26-17-14-25(9-8-24-10-12-29-13-11-24)20(27)18(17)19(23-21(26)28)15-5-3-4-6-16(15)22/h2-6,19H,1,7-14H2,(H,23,28)/p+1/t19-/m0/s1. The lowest BCUT2D eigenvalue weighted by Crippen LogP contribution is -3.14. The molecule has 0 spiro atoms. The smallest absolute Gasteiger partial charge is 0.322 e. The number of halogens is 1. The third-order valence-electron chi connectivity index (χ3n) is 5.76. The first kappa shape index (κ1) is 19.6. The molecular weight excluding hydrogens is 375 g/mol. The monoisotopic (exact) mass is 401 g/mol. The Bertz CT molecular complexity index is 850. The van der Waals surface area contributed by atoms with Gasteiger partial charge in [0.2, 0.25) is 0 Å². The number of morpholine rings is 1. The Morgan fingerprint density at radius 2 is 2.03 bits per heavy atom. The summed E-state index contributed by atoms with van der Waals surface area (Å²) in [5.41, 5.74) is 1.40. The van der Waals surface area contributed by atoms with E-state index in [0.717, 1.165) is 32.8 Å². The molecule has 7 nitrogen and oxygen atoms in total. The summed E-state index contributed by atoms with van der Waals surface area (Å²) in [6.07, 6.45) is 1.62. The van der Waals surface area contributed by atoms with Crippen molar-refractivity contribution in [3.8, 4) is 0 Å². The zero-order valence-electron chi connectivity index (χ0n) is 16.3. The highest BCUT2D eigenvalue weighted by Gasteiger charge is 2.44. The summed E-state index contributed by atoms with van der Waals surface area (Å²) < 4.78 is 19.9. The van der Waals surface area contributed by atoms with E-state index in [1.165, 1.54) is 15.9 Å². The second kappa shape index (κ2) is 8.34. The molecule has 2 N–H and O–H groups in total. The topological polar surface area (TPSA) is 66.3 Å². The van der Waals surface area contributed by atoms with Crippen LogP contribution in [0, 0.1) is 5.82 Å². The minimum atomic E-state index is -0.784. The van der Waals surface area contributed by atoms with Crippen LogP contribution in [0.25, 0.3) is 0 Å². The van der Waals surface area contributed by atoms with Crippen LogP contribution in [-0.2, 0) is 9.53 Å². The molecule has 1 fully saturated rings. The molecule has 4 rings (SSSR count). The fraction of sp³-hybridized carbons (Fsp3) is 0.429. The fourth-order valence-electron chi connectivity index (χ4n) is 4.20. The molecule has 3 amide bonds. The molecule has 3 aliphatic rings. The van der Waals surface area contributed by atoms with Crippen LogP contribution < -0.4 is 10.2 Å². The number of benzene rings is 1. The minimum absolute atomic E-state index is 0.144. The number of carbonyl (C=O) groups excluding carboxylic acids is 2. The van der Waals surface area contributed by atoms with Crippen LogP contribution in [0.15, 0.2) is 48.2 Å². The molecule has 0 bridgehead atoms. The summed E-state index contributed by atoms with van der Waals surface area (Å²) >= 11 is 0. The first-order valence-electron chi connectivity index (χ1n) is 9.97. The van der Waals surface area contributed by atoms with Crippen LogP contribution in [0.2, 0.25) is 0 Å². The highest BCUT2D eigenvalue weighted by atomic mass is 19.1. The van der Waals surface area contributed by atoms with Crippen LogP contribution in [0.1, 0.15) is 11.6 Å². The first-order valence-corrected chi connectivity index (χ1v) is 9.97. The summed E-state index contributed by atoms with van der Waals surface area (Å²) in [4.78, 5) is 30.7. The molecule has 3 heterocycles. The van der Waals surface area contributed by atoms with Crippen molar-refractivity contribution in [3.63, 3.8) is 0 Å². The zero-order valence-corrected chi connectivity index (χ0v) is 16.3. The van der Waals surface area contributed by atoms with Crippen LogP contribution in [0.4, 0.5) is 9.18 Å². The highest BCUT2D eigenvalue weighted by molar-refractivity contribution is 6.01. The summed E-state index contributed by atoms with van der Waals surface area (Å²) in [5.74, 6) is -0.583. The second-order valence-corrected chi connectivity index (χ2v) is 7.50. The third-order valence-corrected chi connectivity index (χ3v) is 5.76. The quantitative estimate of drug-likeness (QED) is 0.664. The van der Waals surface area contributed by atoms with Crippen molar-refractivity contribution in [2.45, 2.75) is 6.04 Å². The maximum Gasteiger partial charge on any atom is 0.322 e. The van der Waals surface area contributed by atoms with Gasteiger partial charge in [-0.3, -0.25) is 9.69 Å². The summed E-state index contributed by atoms with van der Waals surface area (Å²) in [6, 6.07) is 5.13. The predicted molar refractivity (Wildman–Crippen MR) is 105 cm³/mol. The number of carbonyl (C=O) groups is 2. The molecule has 1 atom stereocenters. The van der Waals surface area contributed by atoms with Crippen molar-refractivity contribution in [1.29, 1.82) is 0 Å². The number of hydrogen-bond acceptors (Lipinski definition) is 3. The van der Waals surface area contributed by atoms with Crippen molar-refractivity contribution in [3.05, 3.63) is 59.6 Å². The van der Waals surface area contributed by atoms with Gasteiger partial charge in [-0.15, -0.1) is 6.58 Å². The molecule has 29 heavy (non-hydrogen) atoms. The summed E-state index contributed by atoms with van der Waals surface area (Å²) in [6.45, 7) is 9.09. The number of quaternary nitrogens is 1. The molecule has 1 aromatic carbocycles. The maximum atomic E-state index is 14.5. The number of urea groups is 1. The largest absolute Gasteiger partial charge is 0.370 e. The van der Waals surface area contributed by atoms with E-state index in [4.69, 9.17) is 4.74 Å². The van der Waals surface area contributed by atoms with Crippen molar-refractivity contribution in [2.75, 3.05) is 52.5 Å². The van der Waals surface area contributed by atoms with E-state index >= 15 is 0 Å². The number of rotatable bonds is 6. The van der Waals surface area contributed by atoms with Crippen molar-refractivity contribution in [1.82, 2.24) is 15.1 Å². The molecule has 0 radical (unpaired) electrons. The normalized spacial score (nSPS) is 22.7. The van der Waals surface area contributed by atoms with Gasteiger partial charge in [0.1, 0.15) is 18.9 Å². The molecule has 8 heteroatoms. The molecule has 3 aliphatic heterocycles. The van der Waals surface area contributed by atoms with E-state index in [1.54, 1.807) is 29.2 Å².